The molecule has 1 unspecified atom stereocenters. The van der Waals surface area contributed by atoms with Gasteiger partial charge in [-0.05, 0) is 32.0 Å². The Bertz CT molecular complexity index is 1140. The van der Waals surface area contributed by atoms with Crippen LogP contribution < -0.4 is 10.1 Å². The molecule has 11 heteroatoms. The Labute approximate surface area is 187 Å². The number of aromatic nitrogens is 3. The third kappa shape index (κ3) is 5.48. The molecule has 1 atom stereocenters. The highest BCUT2D eigenvalue weighted by Gasteiger charge is 2.31. The van der Waals surface area contributed by atoms with E-state index in [1.54, 1.807) is 19.1 Å². The molecule has 0 saturated heterocycles. The van der Waals surface area contributed by atoms with Crippen molar-refractivity contribution in [2.24, 2.45) is 0 Å². The lowest BCUT2D eigenvalue weighted by Gasteiger charge is -2.17. The molecule has 0 radical (unpaired) electrons. The highest BCUT2D eigenvalue weighted by molar-refractivity contribution is 5.92. The van der Waals surface area contributed by atoms with Crippen molar-refractivity contribution in [3.8, 4) is 11.6 Å². The number of para-hydroxylation sites is 1. The molecule has 1 aromatic carbocycles. The zero-order chi connectivity index (χ0) is 24.2. The van der Waals surface area contributed by atoms with Crippen LogP contribution in [0.1, 0.15) is 40.1 Å². The maximum absolute atomic E-state index is 12.7. The van der Waals surface area contributed by atoms with Crippen molar-refractivity contribution in [2.45, 2.75) is 26.1 Å². The lowest BCUT2D eigenvalue weighted by atomic mass is 10.1. The number of nitrogens with one attached hydrogen (secondary N) is 1. The van der Waals surface area contributed by atoms with Gasteiger partial charge in [0.1, 0.15) is 11.3 Å². The van der Waals surface area contributed by atoms with Gasteiger partial charge in [-0.1, -0.05) is 18.2 Å². The monoisotopic (exact) mass is 462 g/mol. The van der Waals surface area contributed by atoms with Gasteiger partial charge in [0.15, 0.2) is 12.4 Å². The molecule has 3 rings (SSSR count). The summed E-state index contributed by atoms with van der Waals surface area (Å²) in [4.78, 5) is 28.4. The fourth-order valence-electron chi connectivity index (χ4n) is 3.11. The third-order valence-corrected chi connectivity index (χ3v) is 4.84. The smallest absolute Gasteiger partial charge is 0.417 e. The van der Waals surface area contributed by atoms with Crippen LogP contribution in [0.2, 0.25) is 0 Å². The molecule has 3 aromatic rings. The Kier molecular flexibility index (Phi) is 7.00. The molecule has 0 aliphatic heterocycles. The number of benzene rings is 1. The molecule has 1 amide bonds. The predicted octanol–water partition coefficient (Wildman–Crippen LogP) is 3.64. The van der Waals surface area contributed by atoms with Crippen molar-refractivity contribution >= 4 is 11.9 Å². The van der Waals surface area contributed by atoms with Gasteiger partial charge in [0.05, 0.1) is 30.6 Å². The summed E-state index contributed by atoms with van der Waals surface area (Å²) in [6.45, 7) is 2.77. The number of rotatable bonds is 7. The summed E-state index contributed by atoms with van der Waals surface area (Å²) in [5.41, 5.74) is 0.224. The number of pyridine rings is 1. The number of carbonyl (C=O) groups excluding carboxylic acids is 2. The number of esters is 1. The Balaban J connectivity index is 1.62. The van der Waals surface area contributed by atoms with E-state index in [1.807, 2.05) is 12.1 Å². The third-order valence-electron chi connectivity index (χ3n) is 4.84. The van der Waals surface area contributed by atoms with E-state index in [0.717, 1.165) is 17.7 Å². The van der Waals surface area contributed by atoms with Crippen LogP contribution in [0.15, 0.2) is 48.8 Å². The molecule has 0 bridgehead atoms. The predicted molar refractivity (Wildman–Crippen MR) is 111 cm³/mol. The summed E-state index contributed by atoms with van der Waals surface area (Å²) in [7, 11) is 1.53. The number of alkyl halides is 3. The Morgan fingerprint density at radius 2 is 1.88 bits per heavy atom. The van der Waals surface area contributed by atoms with Gasteiger partial charge in [0.25, 0.3) is 5.91 Å². The second kappa shape index (κ2) is 9.72. The molecule has 174 valence electrons. The molecular formula is C22H21F3N4O4. The zero-order valence-electron chi connectivity index (χ0n) is 18.0. The van der Waals surface area contributed by atoms with Gasteiger partial charge in [0, 0.05) is 11.8 Å². The van der Waals surface area contributed by atoms with Crippen molar-refractivity contribution in [2.75, 3.05) is 13.7 Å². The largest absolute Gasteiger partial charge is 0.496 e. The first-order valence-corrected chi connectivity index (χ1v) is 9.79. The number of ether oxygens (including phenoxy) is 2. The van der Waals surface area contributed by atoms with Gasteiger partial charge < -0.3 is 14.8 Å². The van der Waals surface area contributed by atoms with Crippen LogP contribution >= 0.6 is 0 Å². The number of nitrogens with zero attached hydrogens (tertiary/aromatic N) is 3. The minimum absolute atomic E-state index is 0.0577. The van der Waals surface area contributed by atoms with Crippen LogP contribution in [0.25, 0.3) is 5.82 Å². The average molecular weight is 462 g/mol. The van der Waals surface area contributed by atoms with Crippen LogP contribution in [-0.4, -0.2) is 40.4 Å². The summed E-state index contributed by atoms with van der Waals surface area (Å²) in [6.07, 6.45) is -2.63. The number of hydrogen-bond acceptors (Lipinski definition) is 6. The van der Waals surface area contributed by atoms with Crippen molar-refractivity contribution in [1.29, 1.82) is 0 Å². The molecular weight excluding hydrogens is 441 g/mol. The minimum atomic E-state index is -4.51. The summed E-state index contributed by atoms with van der Waals surface area (Å²) >= 11 is 0. The fraction of sp³-hybridized carbons (Fsp3) is 0.273. The standard InChI is InChI=1S/C22H21F3N4O4/c1-13(16-6-4-5-7-18(16)32-3)28-20(30)12-33-21(31)17-11-27-29(14(17)2)19-9-8-15(10-26-19)22(23,24)25/h4-11,13H,12H2,1-3H3,(H,28,30). The SMILES string of the molecule is COc1ccccc1C(C)NC(=O)COC(=O)c1cnn(-c2ccc(C(F)(F)F)cn2)c1C. The van der Waals surface area contributed by atoms with E-state index in [4.69, 9.17) is 9.47 Å². The fourth-order valence-corrected chi connectivity index (χ4v) is 3.11. The van der Waals surface area contributed by atoms with E-state index in [9.17, 15) is 22.8 Å². The van der Waals surface area contributed by atoms with Crippen molar-refractivity contribution in [3.05, 3.63) is 71.2 Å². The first-order valence-electron chi connectivity index (χ1n) is 9.79. The van der Waals surface area contributed by atoms with Gasteiger partial charge in [-0.25, -0.2) is 14.5 Å². The van der Waals surface area contributed by atoms with Gasteiger partial charge in [0.2, 0.25) is 0 Å². The van der Waals surface area contributed by atoms with Gasteiger partial charge in [-0.2, -0.15) is 18.3 Å². The van der Waals surface area contributed by atoms with Crippen LogP contribution in [0.3, 0.4) is 0 Å². The lowest BCUT2D eigenvalue weighted by molar-refractivity contribution is -0.137. The topological polar surface area (TPSA) is 95.3 Å². The van der Waals surface area contributed by atoms with Gasteiger partial charge in [-0.15, -0.1) is 0 Å². The summed E-state index contributed by atoms with van der Waals surface area (Å²) in [5.74, 6) is -0.605. The average Bonchev–Trinajstić information content (AvgIpc) is 3.18. The summed E-state index contributed by atoms with van der Waals surface area (Å²) < 4.78 is 49.7. The molecule has 0 fully saturated rings. The second-order valence-electron chi connectivity index (χ2n) is 7.07. The van der Waals surface area contributed by atoms with Crippen LogP contribution in [0, 0.1) is 6.92 Å². The Morgan fingerprint density at radius 3 is 2.52 bits per heavy atom. The van der Waals surface area contributed by atoms with Crippen LogP contribution in [0.5, 0.6) is 5.75 Å². The molecule has 2 aromatic heterocycles. The normalized spacial score (nSPS) is 12.2. The van der Waals surface area contributed by atoms with Crippen LogP contribution in [-0.2, 0) is 15.7 Å². The van der Waals surface area contributed by atoms with E-state index >= 15 is 0 Å². The number of methoxy groups -OCH3 is 1. The first-order chi connectivity index (χ1) is 15.6. The molecule has 2 heterocycles. The molecule has 8 nitrogen and oxygen atoms in total. The van der Waals surface area contributed by atoms with E-state index in [-0.39, 0.29) is 17.4 Å². The van der Waals surface area contributed by atoms with E-state index in [1.165, 1.54) is 24.9 Å². The first kappa shape index (κ1) is 23.8. The van der Waals surface area contributed by atoms with E-state index in [0.29, 0.717) is 17.6 Å². The van der Waals surface area contributed by atoms with Crippen LogP contribution in [0.4, 0.5) is 13.2 Å². The van der Waals surface area contributed by atoms with Crippen molar-refractivity contribution in [1.82, 2.24) is 20.1 Å². The number of amides is 1. The molecule has 0 aliphatic rings. The highest BCUT2D eigenvalue weighted by Crippen LogP contribution is 2.29. The maximum atomic E-state index is 12.7. The highest BCUT2D eigenvalue weighted by atomic mass is 19.4. The van der Waals surface area contributed by atoms with Gasteiger partial charge in [-0.3, -0.25) is 4.79 Å². The van der Waals surface area contributed by atoms with E-state index in [2.05, 4.69) is 15.4 Å². The molecule has 33 heavy (non-hydrogen) atoms. The summed E-state index contributed by atoms with van der Waals surface area (Å²) in [5, 5.41) is 6.71. The lowest BCUT2D eigenvalue weighted by Crippen LogP contribution is -2.31. The zero-order valence-corrected chi connectivity index (χ0v) is 18.0. The quantitative estimate of drug-likeness (QED) is 0.539. The number of halogens is 3. The Hall–Kier alpha value is -3.89. The van der Waals surface area contributed by atoms with Crippen molar-refractivity contribution in [3.63, 3.8) is 0 Å². The number of hydrogen-bond donors (Lipinski definition) is 1. The van der Waals surface area contributed by atoms with E-state index < -0.39 is 30.2 Å². The van der Waals surface area contributed by atoms with Crippen molar-refractivity contribution < 1.29 is 32.2 Å². The second-order valence-corrected chi connectivity index (χ2v) is 7.07. The Morgan fingerprint density at radius 1 is 1.15 bits per heavy atom. The van der Waals surface area contributed by atoms with Gasteiger partial charge >= 0.3 is 12.1 Å². The molecule has 0 saturated carbocycles. The maximum Gasteiger partial charge on any atom is 0.417 e. The number of carbonyl (C=O) groups is 2. The molecule has 0 aliphatic carbocycles. The molecule has 0 spiro atoms. The minimum Gasteiger partial charge on any atom is -0.496 e. The molecule has 1 N–H and O–H groups in total. The summed E-state index contributed by atoms with van der Waals surface area (Å²) in [6, 6.07) is 8.82.